The van der Waals surface area contributed by atoms with E-state index in [2.05, 4.69) is 26.0 Å². The predicted octanol–water partition coefficient (Wildman–Crippen LogP) is 4.93. The standard InChI is InChI=1S/C20H31NO3/c1-14(2)18-13-16(23-6)7-8-17(18)15-9-11-21(12-10-15)19(22)24-20(3,4)5/h7-8,13-15H,9-12H2,1-6H3. The van der Waals surface area contributed by atoms with Crippen LogP contribution in [0, 0.1) is 0 Å². The van der Waals surface area contributed by atoms with E-state index in [4.69, 9.17) is 9.47 Å². The van der Waals surface area contributed by atoms with Gasteiger partial charge in [0.25, 0.3) is 0 Å². The van der Waals surface area contributed by atoms with Crippen molar-refractivity contribution in [2.45, 2.75) is 64.9 Å². The van der Waals surface area contributed by atoms with Crippen molar-refractivity contribution in [1.29, 1.82) is 0 Å². The highest BCUT2D eigenvalue weighted by molar-refractivity contribution is 5.68. The molecule has 0 bridgehead atoms. The number of methoxy groups -OCH3 is 1. The molecular weight excluding hydrogens is 302 g/mol. The molecule has 0 aliphatic carbocycles. The molecule has 0 saturated carbocycles. The third kappa shape index (κ3) is 4.65. The van der Waals surface area contributed by atoms with E-state index in [-0.39, 0.29) is 6.09 Å². The minimum Gasteiger partial charge on any atom is -0.497 e. The van der Waals surface area contributed by atoms with E-state index in [0.29, 0.717) is 11.8 Å². The summed E-state index contributed by atoms with van der Waals surface area (Å²) in [4.78, 5) is 14.0. The first-order valence-corrected chi connectivity index (χ1v) is 8.87. The lowest BCUT2D eigenvalue weighted by atomic mass is 9.83. The first-order chi connectivity index (χ1) is 11.2. The molecule has 1 aromatic rings. The van der Waals surface area contributed by atoms with Gasteiger partial charge < -0.3 is 14.4 Å². The van der Waals surface area contributed by atoms with E-state index in [9.17, 15) is 4.79 Å². The van der Waals surface area contributed by atoms with Gasteiger partial charge in [-0.2, -0.15) is 0 Å². The highest BCUT2D eigenvalue weighted by atomic mass is 16.6. The Labute approximate surface area is 146 Å². The van der Waals surface area contributed by atoms with Gasteiger partial charge in [-0.3, -0.25) is 0 Å². The summed E-state index contributed by atoms with van der Waals surface area (Å²) in [6, 6.07) is 6.39. The van der Waals surface area contributed by atoms with Gasteiger partial charge in [0.05, 0.1) is 7.11 Å². The van der Waals surface area contributed by atoms with Crippen LogP contribution in [0.4, 0.5) is 4.79 Å². The zero-order chi connectivity index (χ0) is 17.9. The summed E-state index contributed by atoms with van der Waals surface area (Å²) in [6.45, 7) is 11.7. The molecule has 1 amide bonds. The fourth-order valence-electron chi connectivity index (χ4n) is 3.25. The highest BCUT2D eigenvalue weighted by Crippen LogP contribution is 2.35. The second kappa shape index (κ2) is 7.45. The van der Waals surface area contributed by atoms with Crippen molar-refractivity contribution in [1.82, 2.24) is 4.90 Å². The number of ether oxygens (including phenoxy) is 2. The van der Waals surface area contributed by atoms with Crippen LogP contribution in [0.2, 0.25) is 0 Å². The first-order valence-electron chi connectivity index (χ1n) is 8.87. The van der Waals surface area contributed by atoms with Crippen LogP contribution < -0.4 is 4.74 Å². The summed E-state index contributed by atoms with van der Waals surface area (Å²) in [6.07, 6.45) is 1.76. The van der Waals surface area contributed by atoms with Crippen molar-refractivity contribution in [3.05, 3.63) is 29.3 Å². The van der Waals surface area contributed by atoms with Crippen LogP contribution in [0.1, 0.15) is 70.4 Å². The van der Waals surface area contributed by atoms with E-state index in [1.807, 2.05) is 31.7 Å². The van der Waals surface area contributed by atoms with Crippen LogP contribution in [-0.2, 0) is 4.74 Å². The van der Waals surface area contributed by atoms with Crippen LogP contribution in [-0.4, -0.2) is 36.8 Å². The topological polar surface area (TPSA) is 38.8 Å². The second-order valence-electron chi connectivity index (χ2n) is 7.89. The maximum Gasteiger partial charge on any atom is 0.410 e. The number of benzene rings is 1. The summed E-state index contributed by atoms with van der Waals surface area (Å²) < 4.78 is 10.9. The quantitative estimate of drug-likeness (QED) is 0.787. The highest BCUT2D eigenvalue weighted by Gasteiger charge is 2.28. The zero-order valence-electron chi connectivity index (χ0n) is 15.9. The molecule has 0 spiro atoms. The average Bonchev–Trinajstić information content (AvgIpc) is 2.52. The molecule has 0 unspecified atom stereocenters. The number of nitrogens with zero attached hydrogens (tertiary/aromatic N) is 1. The molecule has 24 heavy (non-hydrogen) atoms. The van der Waals surface area contributed by atoms with Crippen molar-refractivity contribution in [2.75, 3.05) is 20.2 Å². The molecule has 1 aliphatic heterocycles. The Bertz CT molecular complexity index is 567. The van der Waals surface area contributed by atoms with E-state index in [0.717, 1.165) is 31.7 Å². The lowest BCUT2D eigenvalue weighted by molar-refractivity contribution is 0.0204. The molecular formula is C20H31NO3. The van der Waals surface area contributed by atoms with Gasteiger partial charge in [-0.25, -0.2) is 4.79 Å². The molecule has 1 aliphatic rings. The molecule has 1 aromatic carbocycles. The molecule has 0 radical (unpaired) electrons. The first kappa shape index (κ1) is 18.6. The maximum atomic E-state index is 12.2. The normalized spacial score (nSPS) is 16.4. The molecule has 1 fully saturated rings. The van der Waals surface area contributed by atoms with Gasteiger partial charge in [0.2, 0.25) is 0 Å². The van der Waals surface area contributed by atoms with Crippen LogP contribution in [0.5, 0.6) is 5.75 Å². The Hall–Kier alpha value is -1.71. The lowest BCUT2D eigenvalue weighted by Crippen LogP contribution is -2.41. The Balaban J connectivity index is 2.06. The number of likely N-dealkylation sites (tertiary alicyclic amines) is 1. The minimum absolute atomic E-state index is 0.195. The fourth-order valence-corrected chi connectivity index (χ4v) is 3.25. The number of hydrogen-bond acceptors (Lipinski definition) is 3. The summed E-state index contributed by atoms with van der Waals surface area (Å²) >= 11 is 0. The van der Waals surface area contributed by atoms with Gasteiger partial charge in [0, 0.05) is 13.1 Å². The SMILES string of the molecule is COc1ccc(C2CCN(C(=O)OC(C)(C)C)CC2)c(C(C)C)c1. The molecule has 4 nitrogen and oxygen atoms in total. The fraction of sp³-hybridized carbons (Fsp3) is 0.650. The Morgan fingerprint density at radius 3 is 2.33 bits per heavy atom. The smallest absolute Gasteiger partial charge is 0.410 e. The average molecular weight is 333 g/mol. The number of carbonyl (C=O) groups is 1. The van der Waals surface area contributed by atoms with Gasteiger partial charge in [-0.15, -0.1) is 0 Å². The van der Waals surface area contributed by atoms with Gasteiger partial charge in [0.1, 0.15) is 11.4 Å². The summed E-state index contributed by atoms with van der Waals surface area (Å²) in [5.74, 6) is 1.86. The van der Waals surface area contributed by atoms with E-state index < -0.39 is 5.60 Å². The molecule has 4 heteroatoms. The van der Waals surface area contributed by atoms with Gasteiger partial charge in [0.15, 0.2) is 0 Å². The van der Waals surface area contributed by atoms with Crippen LogP contribution in [0.15, 0.2) is 18.2 Å². The molecule has 134 valence electrons. The second-order valence-corrected chi connectivity index (χ2v) is 7.89. The molecule has 0 aromatic heterocycles. The van der Waals surface area contributed by atoms with Crippen molar-refractivity contribution < 1.29 is 14.3 Å². The van der Waals surface area contributed by atoms with Crippen LogP contribution >= 0.6 is 0 Å². The summed E-state index contributed by atoms with van der Waals surface area (Å²) in [7, 11) is 1.71. The zero-order valence-corrected chi connectivity index (χ0v) is 15.9. The van der Waals surface area contributed by atoms with Crippen LogP contribution in [0.25, 0.3) is 0 Å². The third-order valence-corrected chi connectivity index (χ3v) is 4.50. The van der Waals surface area contributed by atoms with Crippen molar-refractivity contribution in [3.63, 3.8) is 0 Å². The third-order valence-electron chi connectivity index (χ3n) is 4.50. The van der Waals surface area contributed by atoms with E-state index in [1.54, 1.807) is 7.11 Å². The van der Waals surface area contributed by atoms with Gasteiger partial charge >= 0.3 is 6.09 Å². The Morgan fingerprint density at radius 2 is 1.83 bits per heavy atom. The molecule has 1 saturated heterocycles. The van der Waals surface area contributed by atoms with Crippen LogP contribution in [0.3, 0.4) is 0 Å². The number of piperidine rings is 1. The van der Waals surface area contributed by atoms with Gasteiger partial charge in [-0.1, -0.05) is 19.9 Å². The largest absolute Gasteiger partial charge is 0.497 e. The molecule has 0 N–H and O–H groups in total. The molecule has 2 rings (SSSR count). The molecule has 1 heterocycles. The van der Waals surface area contributed by atoms with E-state index >= 15 is 0 Å². The predicted molar refractivity (Wildman–Crippen MR) is 96.9 cm³/mol. The van der Waals surface area contributed by atoms with Gasteiger partial charge in [-0.05, 0) is 68.7 Å². The minimum atomic E-state index is -0.436. The van der Waals surface area contributed by atoms with Crippen molar-refractivity contribution in [2.24, 2.45) is 0 Å². The van der Waals surface area contributed by atoms with Crippen molar-refractivity contribution >= 4 is 6.09 Å². The lowest BCUT2D eigenvalue weighted by Gasteiger charge is -2.34. The summed E-state index contributed by atoms with van der Waals surface area (Å²) in [5.41, 5.74) is 2.31. The maximum absolute atomic E-state index is 12.2. The number of hydrogen-bond donors (Lipinski definition) is 0. The Kier molecular flexibility index (Phi) is 5.79. The molecule has 0 atom stereocenters. The summed E-state index contributed by atoms with van der Waals surface area (Å²) in [5, 5.41) is 0. The van der Waals surface area contributed by atoms with E-state index in [1.165, 1.54) is 11.1 Å². The number of carbonyl (C=O) groups excluding carboxylic acids is 1. The van der Waals surface area contributed by atoms with Crippen molar-refractivity contribution in [3.8, 4) is 5.75 Å². The number of amides is 1. The Morgan fingerprint density at radius 1 is 1.21 bits per heavy atom. The number of rotatable bonds is 3. The monoisotopic (exact) mass is 333 g/mol.